The lowest BCUT2D eigenvalue weighted by Crippen LogP contribution is -2.06. The maximum absolute atomic E-state index is 12.7. The third-order valence-corrected chi connectivity index (χ3v) is 2.87. The average Bonchev–Trinajstić information content (AvgIpc) is 2.84. The number of halogens is 3. The van der Waals surface area contributed by atoms with Gasteiger partial charge in [0.05, 0.1) is 0 Å². The van der Waals surface area contributed by atoms with Crippen LogP contribution in [0.15, 0.2) is 30.3 Å². The Hall–Kier alpha value is -0.930. The highest BCUT2D eigenvalue weighted by molar-refractivity contribution is 5.85. The lowest BCUT2D eigenvalue weighted by molar-refractivity contribution is 0.107. The molecule has 1 nitrogen and oxygen atoms in total. The molecule has 0 aliphatic heterocycles. The van der Waals surface area contributed by atoms with Gasteiger partial charge in [-0.3, -0.25) is 0 Å². The SMILES string of the molecule is C[C@H](N)c1ccccc1/C=C/C1CC1(F)F.Cl. The molecule has 2 N–H and O–H groups in total. The predicted molar refractivity (Wildman–Crippen MR) is 68.4 cm³/mol. The fraction of sp³-hybridized carbons (Fsp3) is 0.385. The van der Waals surface area contributed by atoms with Gasteiger partial charge in [0.1, 0.15) is 0 Å². The molecule has 1 aromatic carbocycles. The second-order valence-corrected chi connectivity index (χ2v) is 4.35. The molecule has 1 aromatic rings. The fourth-order valence-electron chi connectivity index (χ4n) is 1.74. The van der Waals surface area contributed by atoms with Crippen LogP contribution in [0.3, 0.4) is 0 Å². The average molecular weight is 260 g/mol. The molecule has 0 spiro atoms. The van der Waals surface area contributed by atoms with Crippen molar-refractivity contribution in [2.24, 2.45) is 11.7 Å². The van der Waals surface area contributed by atoms with Gasteiger partial charge in [0.15, 0.2) is 0 Å². The van der Waals surface area contributed by atoms with Crippen LogP contribution in [0.1, 0.15) is 30.5 Å². The first-order valence-electron chi connectivity index (χ1n) is 5.41. The van der Waals surface area contributed by atoms with E-state index in [4.69, 9.17) is 5.73 Å². The van der Waals surface area contributed by atoms with Crippen LogP contribution < -0.4 is 5.73 Å². The number of benzene rings is 1. The smallest absolute Gasteiger partial charge is 0.255 e. The minimum absolute atomic E-state index is 0. The Morgan fingerprint density at radius 2 is 2.00 bits per heavy atom. The molecule has 2 rings (SSSR count). The second-order valence-electron chi connectivity index (χ2n) is 4.35. The maximum Gasteiger partial charge on any atom is 0.255 e. The van der Waals surface area contributed by atoms with E-state index in [-0.39, 0.29) is 24.9 Å². The van der Waals surface area contributed by atoms with Crippen molar-refractivity contribution in [3.05, 3.63) is 41.5 Å². The van der Waals surface area contributed by atoms with Crippen LogP contribution in [0.2, 0.25) is 0 Å². The van der Waals surface area contributed by atoms with Crippen molar-refractivity contribution in [2.75, 3.05) is 0 Å². The van der Waals surface area contributed by atoms with E-state index in [1.165, 1.54) is 0 Å². The summed E-state index contributed by atoms with van der Waals surface area (Å²) in [6.07, 6.45) is 3.31. The van der Waals surface area contributed by atoms with Crippen LogP contribution in [0.4, 0.5) is 8.78 Å². The summed E-state index contributed by atoms with van der Waals surface area (Å²) in [6.45, 7) is 1.89. The van der Waals surface area contributed by atoms with Gasteiger partial charge in [-0.15, -0.1) is 12.4 Å². The molecule has 4 heteroatoms. The Balaban J connectivity index is 0.00000144. The van der Waals surface area contributed by atoms with Crippen molar-refractivity contribution in [3.8, 4) is 0 Å². The number of hydrogen-bond donors (Lipinski definition) is 1. The number of allylic oxidation sites excluding steroid dienone is 1. The van der Waals surface area contributed by atoms with E-state index in [1.807, 2.05) is 31.2 Å². The molecule has 1 unspecified atom stereocenters. The Morgan fingerprint density at radius 1 is 1.41 bits per heavy atom. The van der Waals surface area contributed by atoms with E-state index >= 15 is 0 Å². The Kier molecular flexibility index (Phi) is 4.28. The van der Waals surface area contributed by atoms with E-state index in [2.05, 4.69) is 0 Å². The zero-order chi connectivity index (χ0) is 11.8. The zero-order valence-electron chi connectivity index (χ0n) is 9.57. The number of hydrogen-bond acceptors (Lipinski definition) is 1. The van der Waals surface area contributed by atoms with Gasteiger partial charge in [-0.25, -0.2) is 8.78 Å². The molecule has 2 atom stereocenters. The molecule has 17 heavy (non-hydrogen) atoms. The maximum atomic E-state index is 12.7. The Morgan fingerprint density at radius 3 is 2.53 bits per heavy atom. The van der Waals surface area contributed by atoms with Crippen molar-refractivity contribution in [2.45, 2.75) is 25.3 Å². The van der Waals surface area contributed by atoms with Gasteiger partial charge in [0, 0.05) is 18.4 Å². The molecule has 0 radical (unpaired) electrons. The zero-order valence-corrected chi connectivity index (χ0v) is 10.4. The van der Waals surface area contributed by atoms with Gasteiger partial charge in [-0.1, -0.05) is 36.4 Å². The first kappa shape index (κ1) is 14.1. The minimum Gasteiger partial charge on any atom is -0.324 e. The first-order chi connectivity index (χ1) is 7.50. The number of alkyl halides is 2. The fourth-order valence-corrected chi connectivity index (χ4v) is 1.74. The lowest BCUT2D eigenvalue weighted by atomic mass is 10.0. The molecule has 0 aromatic heterocycles. The molecule has 0 amide bonds. The molecule has 94 valence electrons. The summed E-state index contributed by atoms with van der Waals surface area (Å²) in [7, 11) is 0. The molecule has 1 aliphatic carbocycles. The van der Waals surface area contributed by atoms with Crippen LogP contribution in [-0.2, 0) is 0 Å². The number of rotatable bonds is 3. The van der Waals surface area contributed by atoms with E-state index in [1.54, 1.807) is 12.2 Å². The predicted octanol–water partition coefficient (Wildman–Crippen LogP) is 3.80. The molecular formula is C13H16ClF2N. The molecule has 0 saturated heterocycles. The van der Waals surface area contributed by atoms with Crippen molar-refractivity contribution in [1.29, 1.82) is 0 Å². The summed E-state index contributed by atoms with van der Waals surface area (Å²) in [4.78, 5) is 0. The third-order valence-electron chi connectivity index (χ3n) is 2.87. The van der Waals surface area contributed by atoms with Gasteiger partial charge in [-0.2, -0.15) is 0 Å². The molecule has 1 fully saturated rings. The van der Waals surface area contributed by atoms with Crippen LogP contribution in [0.5, 0.6) is 0 Å². The number of nitrogens with two attached hydrogens (primary N) is 1. The first-order valence-corrected chi connectivity index (χ1v) is 5.41. The minimum atomic E-state index is -2.49. The van der Waals surface area contributed by atoms with Crippen LogP contribution in [-0.4, -0.2) is 5.92 Å². The van der Waals surface area contributed by atoms with E-state index in [0.717, 1.165) is 11.1 Å². The summed E-state index contributed by atoms with van der Waals surface area (Å²) in [6, 6.07) is 7.53. The van der Waals surface area contributed by atoms with E-state index in [9.17, 15) is 8.78 Å². The molecule has 0 bridgehead atoms. The second kappa shape index (κ2) is 5.15. The molecule has 1 aliphatic rings. The van der Waals surface area contributed by atoms with Crippen molar-refractivity contribution in [3.63, 3.8) is 0 Å². The summed E-state index contributed by atoms with van der Waals surface area (Å²) < 4.78 is 25.4. The van der Waals surface area contributed by atoms with Gasteiger partial charge in [0.2, 0.25) is 0 Å². The van der Waals surface area contributed by atoms with Crippen molar-refractivity contribution >= 4 is 18.5 Å². The summed E-state index contributed by atoms with van der Waals surface area (Å²) in [5, 5.41) is 0. The molecule has 0 heterocycles. The van der Waals surface area contributed by atoms with Gasteiger partial charge in [0.25, 0.3) is 5.92 Å². The highest BCUT2D eigenvalue weighted by atomic mass is 35.5. The molecular weight excluding hydrogens is 244 g/mol. The monoisotopic (exact) mass is 259 g/mol. The third kappa shape index (κ3) is 3.27. The van der Waals surface area contributed by atoms with Crippen molar-refractivity contribution < 1.29 is 8.78 Å². The largest absolute Gasteiger partial charge is 0.324 e. The van der Waals surface area contributed by atoms with Crippen LogP contribution in [0.25, 0.3) is 6.08 Å². The summed E-state index contributed by atoms with van der Waals surface area (Å²) in [5.74, 6) is -3.08. The van der Waals surface area contributed by atoms with E-state index in [0.29, 0.717) is 0 Å². The highest BCUT2D eigenvalue weighted by Gasteiger charge is 2.55. The quantitative estimate of drug-likeness (QED) is 0.878. The van der Waals surface area contributed by atoms with Gasteiger partial charge >= 0.3 is 0 Å². The Labute approximate surface area is 106 Å². The molecule has 1 saturated carbocycles. The summed E-state index contributed by atoms with van der Waals surface area (Å²) in [5.41, 5.74) is 7.73. The topological polar surface area (TPSA) is 26.0 Å². The van der Waals surface area contributed by atoms with Gasteiger partial charge < -0.3 is 5.73 Å². The standard InChI is InChI=1S/C13H15F2N.ClH/c1-9(16)12-5-3-2-4-10(12)6-7-11-8-13(11,14)15;/h2-7,9,11H,8,16H2,1H3;1H/b7-6+;/t9-,11?;/m0./s1. The lowest BCUT2D eigenvalue weighted by Gasteiger charge is -2.09. The van der Waals surface area contributed by atoms with Crippen molar-refractivity contribution in [1.82, 2.24) is 0 Å². The summed E-state index contributed by atoms with van der Waals surface area (Å²) >= 11 is 0. The highest BCUT2D eigenvalue weighted by Crippen LogP contribution is 2.49. The van der Waals surface area contributed by atoms with Gasteiger partial charge in [-0.05, 0) is 18.1 Å². The van der Waals surface area contributed by atoms with Crippen LogP contribution >= 0.6 is 12.4 Å². The van der Waals surface area contributed by atoms with E-state index < -0.39 is 11.8 Å². The van der Waals surface area contributed by atoms with Crippen LogP contribution in [0, 0.1) is 5.92 Å². The Bertz CT molecular complexity index is 416. The normalized spacial score (nSPS) is 23.2.